The van der Waals surface area contributed by atoms with Gasteiger partial charge in [0, 0.05) is 42.0 Å². The van der Waals surface area contributed by atoms with Crippen LogP contribution in [0, 0.1) is 11.7 Å². The predicted molar refractivity (Wildman–Crippen MR) is 106 cm³/mol. The van der Waals surface area contributed by atoms with E-state index < -0.39 is 5.82 Å². The van der Waals surface area contributed by atoms with Crippen LogP contribution in [0.5, 0.6) is 0 Å². The molecule has 1 amide bonds. The Bertz CT molecular complexity index is 883. The van der Waals surface area contributed by atoms with Gasteiger partial charge in [0.15, 0.2) is 17.5 Å². The number of hydrogen-bond acceptors (Lipinski definition) is 6. The molecule has 7 nitrogen and oxygen atoms in total. The van der Waals surface area contributed by atoms with Crippen molar-refractivity contribution in [1.29, 1.82) is 0 Å². The number of amides is 1. The zero-order valence-corrected chi connectivity index (χ0v) is 16.3. The van der Waals surface area contributed by atoms with Gasteiger partial charge in [-0.25, -0.2) is 19.4 Å². The maximum atomic E-state index is 14.4. The van der Waals surface area contributed by atoms with E-state index in [0.717, 1.165) is 37.1 Å². The van der Waals surface area contributed by atoms with Crippen molar-refractivity contribution in [2.45, 2.75) is 51.1 Å². The summed E-state index contributed by atoms with van der Waals surface area (Å²) >= 11 is 6.13. The highest BCUT2D eigenvalue weighted by Crippen LogP contribution is 2.35. The van der Waals surface area contributed by atoms with Crippen LogP contribution in [0.25, 0.3) is 5.57 Å². The van der Waals surface area contributed by atoms with Gasteiger partial charge < -0.3 is 16.0 Å². The van der Waals surface area contributed by atoms with Crippen LogP contribution in [-0.4, -0.2) is 33.8 Å². The molecule has 1 aromatic rings. The molecule has 148 valence electrons. The van der Waals surface area contributed by atoms with Gasteiger partial charge in [0.1, 0.15) is 5.84 Å². The monoisotopic (exact) mass is 404 g/mol. The van der Waals surface area contributed by atoms with Crippen LogP contribution in [0.4, 0.5) is 10.2 Å². The van der Waals surface area contributed by atoms with Crippen molar-refractivity contribution in [3.05, 3.63) is 35.3 Å². The SMILES string of the molecule is CC(=O)NC1CCCC(Nc2nc(C3=CNC4=NC=C(Cl)CC34)ncc2F)C1. The third-order valence-corrected chi connectivity index (χ3v) is 5.50. The Morgan fingerprint density at radius 2 is 2.18 bits per heavy atom. The summed E-state index contributed by atoms with van der Waals surface area (Å²) in [5.41, 5.74) is 0.841. The molecule has 0 bridgehead atoms. The average Bonchev–Trinajstić information content (AvgIpc) is 3.06. The van der Waals surface area contributed by atoms with Gasteiger partial charge in [0.05, 0.1) is 12.1 Å². The van der Waals surface area contributed by atoms with E-state index in [1.165, 1.54) is 13.1 Å². The summed E-state index contributed by atoms with van der Waals surface area (Å²) in [6.45, 7) is 1.51. The molecule has 0 radical (unpaired) electrons. The molecular formula is C19H22ClFN6O. The zero-order chi connectivity index (χ0) is 19.7. The molecule has 3 aliphatic rings. The van der Waals surface area contributed by atoms with Gasteiger partial charge in [0.2, 0.25) is 5.91 Å². The molecule has 1 aliphatic carbocycles. The van der Waals surface area contributed by atoms with E-state index in [9.17, 15) is 9.18 Å². The third kappa shape index (κ3) is 4.01. The Labute approximate surface area is 167 Å². The summed E-state index contributed by atoms with van der Waals surface area (Å²) in [7, 11) is 0. The van der Waals surface area contributed by atoms with Crippen LogP contribution in [-0.2, 0) is 4.79 Å². The van der Waals surface area contributed by atoms with E-state index in [1.807, 2.05) is 0 Å². The van der Waals surface area contributed by atoms with Gasteiger partial charge in [-0.3, -0.25) is 4.79 Å². The van der Waals surface area contributed by atoms with Crippen molar-refractivity contribution in [2.75, 3.05) is 5.32 Å². The number of nitrogens with one attached hydrogen (secondary N) is 3. The lowest BCUT2D eigenvalue weighted by Gasteiger charge is -2.30. The molecule has 3 heterocycles. The molecule has 9 heteroatoms. The van der Waals surface area contributed by atoms with Gasteiger partial charge in [-0.15, -0.1) is 0 Å². The van der Waals surface area contributed by atoms with Crippen molar-refractivity contribution in [2.24, 2.45) is 10.9 Å². The van der Waals surface area contributed by atoms with Crippen molar-refractivity contribution >= 4 is 34.7 Å². The van der Waals surface area contributed by atoms with E-state index in [0.29, 0.717) is 17.3 Å². The Balaban J connectivity index is 1.50. The Hall–Kier alpha value is -2.48. The average molecular weight is 405 g/mol. The number of fused-ring (bicyclic) bond motifs is 1. The number of nitrogens with zero attached hydrogens (tertiary/aromatic N) is 3. The predicted octanol–water partition coefficient (Wildman–Crippen LogP) is 2.92. The highest BCUT2D eigenvalue weighted by atomic mass is 35.5. The minimum atomic E-state index is -0.493. The molecule has 2 aliphatic heterocycles. The molecule has 0 spiro atoms. The fourth-order valence-electron chi connectivity index (χ4n) is 3.98. The summed E-state index contributed by atoms with van der Waals surface area (Å²) in [6.07, 6.45) is 8.78. The van der Waals surface area contributed by atoms with E-state index in [2.05, 4.69) is 30.9 Å². The molecular weight excluding hydrogens is 383 g/mol. The van der Waals surface area contributed by atoms with Crippen LogP contribution in [0.1, 0.15) is 44.9 Å². The second kappa shape index (κ2) is 7.87. The van der Waals surface area contributed by atoms with Gasteiger partial charge >= 0.3 is 0 Å². The van der Waals surface area contributed by atoms with E-state index in [-0.39, 0.29) is 29.7 Å². The summed E-state index contributed by atoms with van der Waals surface area (Å²) in [6, 6.07) is 0.146. The largest absolute Gasteiger partial charge is 0.365 e. The van der Waals surface area contributed by atoms with Crippen LogP contribution in [0.3, 0.4) is 0 Å². The summed E-state index contributed by atoms with van der Waals surface area (Å²) in [5.74, 6) is 0.850. The van der Waals surface area contributed by atoms with E-state index >= 15 is 0 Å². The van der Waals surface area contributed by atoms with Gasteiger partial charge in [-0.1, -0.05) is 11.6 Å². The number of carbonyl (C=O) groups excluding carboxylic acids is 1. The van der Waals surface area contributed by atoms with Crippen molar-refractivity contribution < 1.29 is 9.18 Å². The van der Waals surface area contributed by atoms with Crippen LogP contribution < -0.4 is 16.0 Å². The van der Waals surface area contributed by atoms with E-state index in [4.69, 9.17) is 11.6 Å². The quantitative estimate of drug-likeness (QED) is 0.717. The fourth-order valence-corrected chi connectivity index (χ4v) is 4.19. The normalized spacial score (nSPS) is 26.4. The number of carbonyl (C=O) groups is 1. The second-order valence-corrected chi connectivity index (χ2v) is 7.87. The van der Waals surface area contributed by atoms with Crippen molar-refractivity contribution in [3.8, 4) is 0 Å². The molecule has 3 unspecified atom stereocenters. The lowest BCUT2D eigenvalue weighted by Crippen LogP contribution is -2.41. The standard InChI is InChI=1S/C19H22ClFN6O/c1-10(28)25-12-3-2-4-13(6-12)26-19-16(21)9-24-18(27-19)15-8-23-17-14(15)5-11(20)7-22-17/h7-9,12-14H,2-6H2,1H3,(H,22,23)(H,25,28)(H,24,26,27). The summed E-state index contributed by atoms with van der Waals surface area (Å²) in [5, 5.41) is 9.93. The smallest absolute Gasteiger partial charge is 0.217 e. The minimum absolute atomic E-state index is 0.0421. The maximum Gasteiger partial charge on any atom is 0.217 e. The second-order valence-electron chi connectivity index (χ2n) is 7.39. The maximum absolute atomic E-state index is 14.4. The van der Waals surface area contributed by atoms with Crippen LogP contribution in [0.15, 0.2) is 28.6 Å². The summed E-state index contributed by atoms with van der Waals surface area (Å²) in [4.78, 5) is 24.2. The van der Waals surface area contributed by atoms with Gasteiger partial charge in [-0.05, 0) is 32.1 Å². The Kier molecular flexibility index (Phi) is 5.30. The molecule has 1 fully saturated rings. The van der Waals surface area contributed by atoms with Crippen LogP contribution >= 0.6 is 11.6 Å². The molecule has 0 saturated heterocycles. The highest BCUT2D eigenvalue weighted by Gasteiger charge is 2.32. The van der Waals surface area contributed by atoms with Crippen molar-refractivity contribution in [1.82, 2.24) is 20.6 Å². The number of rotatable bonds is 4. The number of anilines is 1. The first-order valence-corrected chi connectivity index (χ1v) is 9.83. The van der Waals surface area contributed by atoms with Gasteiger partial charge in [0.25, 0.3) is 0 Å². The number of aliphatic imine (C=N–C) groups is 1. The Morgan fingerprint density at radius 3 is 3.00 bits per heavy atom. The topological polar surface area (TPSA) is 91.3 Å². The third-order valence-electron chi connectivity index (χ3n) is 5.25. The Morgan fingerprint density at radius 1 is 1.36 bits per heavy atom. The lowest BCUT2D eigenvalue weighted by atomic mass is 9.91. The number of hydrogen-bond donors (Lipinski definition) is 3. The molecule has 3 N–H and O–H groups in total. The van der Waals surface area contributed by atoms with Crippen molar-refractivity contribution in [3.63, 3.8) is 0 Å². The zero-order valence-electron chi connectivity index (χ0n) is 15.5. The fraction of sp³-hybridized carbons (Fsp3) is 0.474. The number of aromatic nitrogens is 2. The number of halogens is 2. The van der Waals surface area contributed by atoms with E-state index in [1.54, 1.807) is 12.4 Å². The lowest BCUT2D eigenvalue weighted by molar-refractivity contribution is -0.119. The highest BCUT2D eigenvalue weighted by molar-refractivity contribution is 6.30. The van der Waals surface area contributed by atoms with Crippen LogP contribution in [0.2, 0.25) is 0 Å². The first-order chi connectivity index (χ1) is 13.5. The minimum Gasteiger partial charge on any atom is -0.365 e. The molecule has 1 aromatic heterocycles. The molecule has 4 rings (SSSR count). The number of allylic oxidation sites excluding steroid dienone is 1. The molecule has 0 aromatic carbocycles. The van der Waals surface area contributed by atoms with Gasteiger partial charge in [-0.2, -0.15) is 0 Å². The molecule has 1 saturated carbocycles. The molecule has 28 heavy (non-hydrogen) atoms. The molecule has 3 atom stereocenters. The first kappa shape index (κ1) is 18.9. The first-order valence-electron chi connectivity index (χ1n) is 9.45. The summed E-state index contributed by atoms with van der Waals surface area (Å²) < 4.78 is 14.4. The number of amidine groups is 1.